The van der Waals surface area contributed by atoms with Crippen molar-refractivity contribution in [3.8, 4) is 0 Å². The Morgan fingerprint density at radius 2 is 2.21 bits per heavy atom. The molecule has 1 aromatic rings. The van der Waals surface area contributed by atoms with Crippen LogP contribution in [0.3, 0.4) is 0 Å². The first-order chi connectivity index (χ1) is 11.2. The van der Waals surface area contributed by atoms with E-state index in [1.807, 2.05) is 36.5 Å². The van der Waals surface area contributed by atoms with Gasteiger partial charge < -0.3 is 15.0 Å². The zero-order valence-electron chi connectivity index (χ0n) is 15.9. The van der Waals surface area contributed by atoms with Crippen LogP contribution >= 0.6 is 0 Å². The number of hydrogen-bond acceptors (Lipinski definition) is 3. The molecule has 1 aromatic heterocycles. The van der Waals surface area contributed by atoms with Crippen LogP contribution in [0.2, 0.25) is 0 Å². The third-order valence-corrected chi connectivity index (χ3v) is 4.56. The minimum atomic E-state index is -0.0613. The van der Waals surface area contributed by atoms with E-state index in [-0.39, 0.29) is 17.6 Å². The Morgan fingerprint density at radius 1 is 1.50 bits per heavy atom. The maximum Gasteiger partial charge on any atom is 0.317 e. The van der Waals surface area contributed by atoms with Crippen molar-refractivity contribution in [2.24, 2.45) is 5.92 Å². The first kappa shape index (κ1) is 18.8. The molecule has 0 spiro atoms. The molecular formula is C18H32N4O2. The quantitative estimate of drug-likeness (QED) is 0.899. The van der Waals surface area contributed by atoms with E-state index in [9.17, 15) is 4.79 Å². The Balaban J connectivity index is 1.94. The van der Waals surface area contributed by atoms with Gasteiger partial charge in [-0.1, -0.05) is 0 Å². The van der Waals surface area contributed by atoms with E-state index in [2.05, 4.69) is 31.2 Å². The molecule has 1 N–H and O–H groups in total. The summed E-state index contributed by atoms with van der Waals surface area (Å²) in [6, 6.07) is -0.0519. The van der Waals surface area contributed by atoms with Crippen molar-refractivity contribution < 1.29 is 9.53 Å². The number of carbonyl (C=O) groups excluding carboxylic acids is 1. The topological polar surface area (TPSA) is 59.4 Å². The summed E-state index contributed by atoms with van der Waals surface area (Å²) >= 11 is 0. The summed E-state index contributed by atoms with van der Waals surface area (Å²) in [4.78, 5) is 14.4. The summed E-state index contributed by atoms with van der Waals surface area (Å²) in [5, 5.41) is 7.70. The third kappa shape index (κ3) is 4.50. The van der Waals surface area contributed by atoms with E-state index < -0.39 is 0 Å². The number of urea groups is 1. The minimum absolute atomic E-state index is 0.00408. The second-order valence-corrected chi connectivity index (χ2v) is 7.72. The van der Waals surface area contributed by atoms with Crippen LogP contribution in [0.5, 0.6) is 0 Å². The van der Waals surface area contributed by atoms with Gasteiger partial charge in [-0.25, -0.2) is 4.79 Å². The fraction of sp³-hybridized carbons (Fsp3) is 0.778. The van der Waals surface area contributed by atoms with Crippen molar-refractivity contribution >= 4 is 6.03 Å². The number of carbonyl (C=O) groups is 1. The van der Waals surface area contributed by atoms with Crippen molar-refractivity contribution in [1.82, 2.24) is 20.0 Å². The molecular weight excluding hydrogens is 304 g/mol. The van der Waals surface area contributed by atoms with Gasteiger partial charge in [0.05, 0.1) is 23.9 Å². The van der Waals surface area contributed by atoms with Crippen molar-refractivity contribution in [3.63, 3.8) is 0 Å². The molecule has 0 aliphatic carbocycles. The van der Waals surface area contributed by atoms with Gasteiger partial charge in [0.15, 0.2) is 0 Å². The number of hydrogen-bond donors (Lipinski definition) is 1. The van der Waals surface area contributed by atoms with Crippen molar-refractivity contribution in [1.29, 1.82) is 0 Å². The molecule has 2 atom stereocenters. The highest BCUT2D eigenvalue weighted by atomic mass is 16.5. The lowest BCUT2D eigenvalue weighted by molar-refractivity contribution is 0.113. The zero-order chi connectivity index (χ0) is 17.9. The molecule has 24 heavy (non-hydrogen) atoms. The van der Waals surface area contributed by atoms with Crippen LogP contribution in [0.1, 0.15) is 58.3 Å². The number of rotatable bonds is 5. The van der Waals surface area contributed by atoms with E-state index >= 15 is 0 Å². The number of likely N-dealkylation sites (tertiary alicyclic amines) is 1. The van der Waals surface area contributed by atoms with E-state index in [0.29, 0.717) is 5.92 Å². The maximum atomic E-state index is 12.5. The molecule has 1 aliphatic heterocycles. The molecule has 2 rings (SSSR count). The molecule has 6 heteroatoms. The van der Waals surface area contributed by atoms with Crippen LogP contribution < -0.4 is 5.32 Å². The van der Waals surface area contributed by atoms with E-state index in [1.54, 1.807) is 0 Å². The number of ether oxygens (including phenoxy) is 1. The molecule has 0 unspecified atom stereocenters. The molecule has 1 aliphatic rings. The molecule has 2 heterocycles. The van der Waals surface area contributed by atoms with E-state index in [1.165, 1.54) is 0 Å². The lowest BCUT2D eigenvalue weighted by atomic mass is 10.1. The summed E-state index contributed by atoms with van der Waals surface area (Å²) in [5.41, 5.74) is 1.98. The van der Waals surface area contributed by atoms with Crippen molar-refractivity contribution in [2.75, 3.05) is 26.3 Å². The number of aromatic nitrogens is 2. The van der Waals surface area contributed by atoms with Crippen LogP contribution in [-0.4, -0.2) is 47.0 Å². The van der Waals surface area contributed by atoms with Gasteiger partial charge in [0.2, 0.25) is 0 Å². The van der Waals surface area contributed by atoms with Crippen LogP contribution in [0.4, 0.5) is 4.79 Å². The van der Waals surface area contributed by atoms with E-state index in [4.69, 9.17) is 4.74 Å². The third-order valence-electron chi connectivity index (χ3n) is 4.56. The number of nitrogens with one attached hydrogen (secondary N) is 1. The molecule has 2 amide bonds. The molecule has 0 bridgehead atoms. The van der Waals surface area contributed by atoms with Gasteiger partial charge in [-0.15, -0.1) is 0 Å². The van der Waals surface area contributed by atoms with Gasteiger partial charge in [-0.3, -0.25) is 4.68 Å². The lowest BCUT2D eigenvalue weighted by Crippen LogP contribution is -2.40. The van der Waals surface area contributed by atoms with Crippen molar-refractivity contribution in [3.05, 3.63) is 17.5 Å². The first-order valence-electron chi connectivity index (χ1n) is 8.92. The van der Waals surface area contributed by atoms with Crippen LogP contribution in [0.15, 0.2) is 6.20 Å². The molecule has 0 saturated carbocycles. The van der Waals surface area contributed by atoms with Gasteiger partial charge in [0.25, 0.3) is 0 Å². The average Bonchev–Trinajstić information content (AvgIpc) is 3.11. The normalized spacial score (nSPS) is 19.6. The molecule has 136 valence electrons. The standard InChI is InChI=1S/C18H32N4O2/c1-7-24-12-15-8-9-21(10-15)17(23)19-13(2)16-11-22(18(4,5)6)20-14(16)3/h11,13,15H,7-10,12H2,1-6H3,(H,19,23)/t13-,15+/m0/s1. The van der Waals surface area contributed by atoms with Gasteiger partial charge in [0, 0.05) is 37.4 Å². The Hall–Kier alpha value is -1.56. The number of amides is 2. The summed E-state index contributed by atoms with van der Waals surface area (Å²) in [6.07, 6.45) is 3.06. The second-order valence-electron chi connectivity index (χ2n) is 7.72. The van der Waals surface area contributed by atoms with Crippen LogP contribution in [0, 0.1) is 12.8 Å². The highest BCUT2D eigenvalue weighted by molar-refractivity contribution is 5.75. The fourth-order valence-corrected chi connectivity index (χ4v) is 3.03. The second kappa shape index (κ2) is 7.55. The number of aryl methyl sites for hydroxylation is 1. The Morgan fingerprint density at radius 3 is 2.79 bits per heavy atom. The highest BCUT2D eigenvalue weighted by Crippen LogP contribution is 2.22. The Bertz CT molecular complexity index is 562. The predicted molar refractivity (Wildman–Crippen MR) is 95.1 cm³/mol. The largest absolute Gasteiger partial charge is 0.381 e. The van der Waals surface area contributed by atoms with Gasteiger partial charge in [-0.05, 0) is 48.0 Å². The Kier molecular flexibility index (Phi) is 5.91. The van der Waals surface area contributed by atoms with Crippen LogP contribution in [0.25, 0.3) is 0 Å². The molecule has 1 fully saturated rings. The lowest BCUT2D eigenvalue weighted by Gasteiger charge is -2.21. The van der Waals surface area contributed by atoms with Crippen molar-refractivity contribution in [2.45, 2.75) is 59.5 Å². The minimum Gasteiger partial charge on any atom is -0.381 e. The van der Waals surface area contributed by atoms with E-state index in [0.717, 1.165) is 44.0 Å². The monoisotopic (exact) mass is 336 g/mol. The summed E-state index contributed by atoms with van der Waals surface area (Å²) in [7, 11) is 0. The SMILES string of the molecule is CCOC[C@@H]1CCN(C(=O)N[C@@H](C)c2cn(C(C)(C)C)nc2C)C1. The van der Waals surface area contributed by atoms with Crippen LogP contribution in [-0.2, 0) is 10.3 Å². The highest BCUT2D eigenvalue weighted by Gasteiger charge is 2.28. The Labute approximate surface area is 145 Å². The first-order valence-corrected chi connectivity index (χ1v) is 8.92. The molecule has 6 nitrogen and oxygen atoms in total. The summed E-state index contributed by atoms with van der Waals surface area (Å²) in [5.74, 6) is 0.455. The molecule has 0 radical (unpaired) electrons. The predicted octanol–water partition coefficient (Wildman–Crippen LogP) is 3.08. The van der Waals surface area contributed by atoms with Gasteiger partial charge >= 0.3 is 6.03 Å². The molecule has 0 aromatic carbocycles. The zero-order valence-corrected chi connectivity index (χ0v) is 15.9. The summed E-state index contributed by atoms with van der Waals surface area (Å²) in [6.45, 7) is 15.4. The maximum absolute atomic E-state index is 12.5. The smallest absolute Gasteiger partial charge is 0.317 e. The number of nitrogens with zero attached hydrogens (tertiary/aromatic N) is 3. The van der Waals surface area contributed by atoms with Gasteiger partial charge in [-0.2, -0.15) is 5.10 Å². The molecule has 1 saturated heterocycles. The average molecular weight is 336 g/mol. The summed E-state index contributed by atoms with van der Waals surface area (Å²) < 4.78 is 7.44. The van der Waals surface area contributed by atoms with Gasteiger partial charge in [0.1, 0.15) is 0 Å². The fourth-order valence-electron chi connectivity index (χ4n) is 3.03.